The molecular formula is C11H17NO3. The predicted octanol–water partition coefficient (Wildman–Crippen LogP) is 2.55. The zero-order chi connectivity index (χ0) is 10.7. The van der Waals surface area contributed by atoms with Gasteiger partial charge in [0.15, 0.2) is 0 Å². The van der Waals surface area contributed by atoms with E-state index in [1.807, 2.05) is 0 Å². The summed E-state index contributed by atoms with van der Waals surface area (Å²) in [6.07, 6.45) is 6.52. The third-order valence-corrected chi connectivity index (χ3v) is 4.57. The average Bonchev–Trinajstić information content (AvgIpc) is 1.94. The molecule has 0 spiro atoms. The Morgan fingerprint density at radius 3 is 2.33 bits per heavy atom. The number of nitrogens with zero attached hydrogens (tertiary/aromatic N) is 1. The molecule has 0 N–H and O–H groups in total. The van der Waals surface area contributed by atoms with Gasteiger partial charge in [-0.2, -0.15) is 0 Å². The van der Waals surface area contributed by atoms with Crippen molar-refractivity contribution in [3.05, 3.63) is 10.1 Å². The van der Waals surface area contributed by atoms with Crippen molar-refractivity contribution in [1.82, 2.24) is 0 Å². The van der Waals surface area contributed by atoms with Crippen molar-refractivity contribution in [2.45, 2.75) is 51.0 Å². The molecule has 4 aliphatic carbocycles. The Morgan fingerprint density at radius 1 is 1.27 bits per heavy atom. The van der Waals surface area contributed by atoms with Crippen LogP contribution in [0.15, 0.2) is 0 Å². The molecule has 4 heteroatoms. The van der Waals surface area contributed by atoms with E-state index in [1.165, 1.54) is 19.3 Å². The van der Waals surface area contributed by atoms with Gasteiger partial charge in [0.25, 0.3) is 5.09 Å². The molecule has 2 atom stereocenters. The van der Waals surface area contributed by atoms with Gasteiger partial charge in [-0.05, 0) is 55.8 Å². The lowest BCUT2D eigenvalue weighted by atomic mass is 9.48. The summed E-state index contributed by atoms with van der Waals surface area (Å²) < 4.78 is 0. The largest absolute Gasteiger partial charge is 0.307 e. The summed E-state index contributed by atoms with van der Waals surface area (Å²) in [5, 5.41) is 10.00. The van der Waals surface area contributed by atoms with Crippen molar-refractivity contribution < 1.29 is 9.92 Å². The molecule has 0 aromatic heterocycles. The lowest BCUT2D eigenvalue weighted by Gasteiger charge is -2.59. The van der Waals surface area contributed by atoms with Gasteiger partial charge in [-0.3, -0.25) is 0 Å². The molecule has 0 saturated heterocycles. The summed E-state index contributed by atoms with van der Waals surface area (Å²) >= 11 is 0. The minimum absolute atomic E-state index is 0.320. The number of hydrogen-bond donors (Lipinski definition) is 0. The van der Waals surface area contributed by atoms with Gasteiger partial charge in [0, 0.05) is 0 Å². The van der Waals surface area contributed by atoms with Crippen LogP contribution in [0.4, 0.5) is 0 Å². The van der Waals surface area contributed by atoms with Crippen LogP contribution in [0.5, 0.6) is 0 Å². The Hall–Kier alpha value is -0.800. The maximum Gasteiger partial charge on any atom is 0.295 e. The van der Waals surface area contributed by atoms with E-state index in [2.05, 4.69) is 6.92 Å². The predicted molar refractivity (Wildman–Crippen MR) is 53.6 cm³/mol. The first-order valence-corrected chi connectivity index (χ1v) is 5.82. The Morgan fingerprint density at radius 2 is 1.87 bits per heavy atom. The van der Waals surface area contributed by atoms with Gasteiger partial charge < -0.3 is 4.84 Å². The number of hydrogen-bond acceptors (Lipinski definition) is 3. The average molecular weight is 211 g/mol. The van der Waals surface area contributed by atoms with Crippen molar-refractivity contribution >= 4 is 0 Å². The lowest BCUT2D eigenvalue weighted by molar-refractivity contribution is -0.785. The Labute approximate surface area is 89.1 Å². The van der Waals surface area contributed by atoms with E-state index >= 15 is 0 Å². The van der Waals surface area contributed by atoms with Crippen LogP contribution < -0.4 is 0 Å². The quantitative estimate of drug-likeness (QED) is 0.521. The van der Waals surface area contributed by atoms with Crippen molar-refractivity contribution in [1.29, 1.82) is 0 Å². The van der Waals surface area contributed by atoms with E-state index in [9.17, 15) is 10.1 Å². The van der Waals surface area contributed by atoms with E-state index in [0.29, 0.717) is 17.3 Å². The minimum Gasteiger partial charge on any atom is -0.307 e. The van der Waals surface area contributed by atoms with Crippen molar-refractivity contribution in [3.63, 3.8) is 0 Å². The van der Waals surface area contributed by atoms with Crippen LogP contribution >= 0.6 is 0 Å². The first-order chi connectivity index (χ1) is 6.99. The summed E-state index contributed by atoms with van der Waals surface area (Å²) in [7, 11) is 0. The smallest absolute Gasteiger partial charge is 0.295 e. The van der Waals surface area contributed by atoms with Gasteiger partial charge in [0.2, 0.25) is 0 Å². The molecule has 0 aromatic rings. The van der Waals surface area contributed by atoms with E-state index in [-0.39, 0.29) is 0 Å². The maximum absolute atomic E-state index is 10.6. The first-order valence-electron chi connectivity index (χ1n) is 5.82. The molecule has 84 valence electrons. The molecule has 4 nitrogen and oxygen atoms in total. The molecule has 4 rings (SSSR count). The molecule has 0 amide bonds. The normalized spacial score (nSPS) is 51.8. The third kappa shape index (κ3) is 1.42. The second-order valence-corrected chi connectivity index (χ2v) is 6.27. The van der Waals surface area contributed by atoms with Crippen LogP contribution in [0, 0.1) is 27.4 Å². The lowest BCUT2D eigenvalue weighted by Crippen LogP contribution is -2.56. The molecule has 4 aliphatic rings. The molecule has 0 aliphatic heterocycles. The number of rotatable bonds is 2. The molecule has 0 unspecified atom stereocenters. The molecule has 0 heterocycles. The standard InChI is InChI=1S/C11H17NO3/c1-10-3-8-2-9(4-10)6-11(5-8,7-10)15-12(13)14/h8-9H,2-7H2,1H3/t8-,9-,10?,11?/m0/s1. The molecule has 0 radical (unpaired) electrons. The van der Waals surface area contributed by atoms with Crippen LogP contribution in [-0.2, 0) is 4.84 Å². The van der Waals surface area contributed by atoms with Crippen molar-refractivity contribution in [2.24, 2.45) is 17.3 Å². The van der Waals surface area contributed by atoms with Crippen LogP contribution in [0.25, 0.3) is 0 Å². The van der Waals surface area contributed by atoms with E-state index in [4.69, 9.17) is 4.84 Å². The molecular weight excluding hydrogens is 194 g/mol. The summed E-state index contributed by atoms with van der Waals surface area (Å²) in [4.78, 5) is 15.6. The van der Waals surface area contributed by atoms with Crippen molar-refractivity contribution in [2.75, 3.05) is 0 Å². The monoisotopic (exact) mass is 211 g/mol. The minimum atomic E-state index is -0.573. The summed E-state index contributed by atoms with van der Waals surface area (Å²) in [5.74, 6) is 1.35. The highest BCUT2D eigenvalue weighted by molar-refractivity contribution is 5.07. The van der Waals surface area contributed by atoms with E-state index < -0.39 is 10.7 Å². The summed E-state index contributed by atoms with van der Waals surface area (Å²) in [6.45, 7) is 2.28. The fourth-order valence-corrected chi connectivity index (χ4v) is 4.89. The summed E-state index contributed by atoms with van der Waals surface area (Å²) in [6, 6.07) is 0. The van der Waals surface area contributed by atoms with E-state index in [0.717, 1.165) is 19.3 Å². The highest BCUT2D eigenvalue weighted by Gasteiger charge is 2.57. The van der Waals surface area contributed by atoms with Crippen LogP contribution in [0.3, 0.4) is 0 Å². The van der Waals surface area contributed by atoms with Gasteiger partial charge in [0.1, 0.15) is 5.60 Å². The third-order valence-electron chi connectivity index (χ3n) is 4.57. The second kappa shape index (κ2) is 2.66. The topological polar surface area (TPSA) is 52.4 Å². The summed E-state index contributed by atoms with van der Waals surface area (Å²) in [5.41, 5.74) is -0.0948. The highest BCUT2D eigenvalue weighted by atomic mass is 17.0. The Bertz CT molecular complexity index is 301. The highest BCUT2D eigenvalue weighted by Crippen LogP contribution is 2.62. The van der Waals surface area contributed by atoms with Gasteiger partial charge in [0.05, 0.1) is 0 Å². The SMILES string of the molecule is CC12C[C@@H]3C[C@@H](C1)CC(O[N+](=O)[O-])(C3)C2. The van der Waals surface area contributed by atoms with Gasteiger partial charge >= 0.3 is 0 Å². The molecule has 4 bridgehead atoms. The van der Waals surface area contributed by atoms with Crippen LogP contribution in [0.1, 0.15) is 45.4 Å². The van der Waals surface area contributed by atoms with Crippen LogP contribution in [-0.4, -0.2) is 10.7 Å². The molecule has 4 saturated carbocycles. The Balaban J connectivity index is 1.89. The maximum atomic E-state index is 10.6. The molecule has 15 heavy (non-hydrogen) atoms. The zero-order valence-corrected chi connectivity index (χ0v) is 9.07. The second-order valence-electron chi connectivity index (χ2n) is 6.27. The van der Waals surface area contributed by atoms with Crippen molar-refractivity contribution in [3.8, 4) is 0 Å². The Kier molecular flexibility index (Phi) is 1.67. The van der Waals surface area contributed by atoms with Gasteiger partial charge in [-0.25, -0.2) is 0 Å². The van der Waals surface area contributed by atoms with Gasteiger partial charge in [-0.1, -0.05) is 6.92 Å². The van der Waals surface area contributed by atoms with E-state index in [1.54, 1.807) is 0 Å². The first kappa shape index (κ1) is 9.43. The van der Waals surface area contributed by atoms with Gasteiger partial charge in [-0.15, -0.1) is 10.1 Å². The fourth-order valence-electron chi connectivity index (χ4n) is 4.89. The van der Waals surface area contributed by atoms with Crippen LogP contribution in [0.2, 0.25) is 0 Å². The molecule has 4 fully saturated rings. The fraction of sp³-hybridized carbons (Fsp3) is 1.00. The molecule has 0 aromatic carbocycles. The zero-order valence-electron chi connectivity index (χ0n) is 9.07.